The van der Waals surface area contributed by atoms with E-state index in [1.165, 1.54) is 4.88 Å². The highest BCUT2D eigenvalue weighted by molar-refractivity contribution is 9.10. The number of thiophene rings is 1. The van der Waals surface area contributed by atoms with Crippen LogP contribution in [0, 0.1) is 0 Å². The Balaban J connectivity index is 2.46. The molecule has 1 aromatic rings. The highest BCUT2D eigenvalue weighted by atomic mass is 79.9. The van der Waals surface area contributed by atoms with E-state index in [0.29, 0.717) is 6.54 Å². The quantitative estimate of drug-likeness (QED) is 0.847. The van der Waals surface area contributed by atoms with Gasteiger partial charge in [0.15, 0.2) is 0 Å². The summed E-state index contributed by atoms with van der Waals surface area (Å²) in [7, 11) is 1.88. The molecule has 0 unspecified atom stereocenters. The molecule has 1 N–H and O–H groups in total. The van der Waals surface area contributed by atoms with Crippen molar-refractivity contribution in [3.8, 4) is 0 Å². The van der Waals surface area contributed by atoms with Crippen molar-refractivity contribution >= 4 is 33.2 Å². The molecule has 0 amide bonds. The molecule has 0 aliphatic rings. The van der Waals surface area contributed by atoms with Gasteiger partial charge in [0.2, 0.25) is 0 Å². The molecule has 1 heterocycles. The average molecular weight is 290 g/mol. The monoisotopic (exact) mass is 289 g/mol. The van der Waals surface area contributed by atoms with Crippen molar-refractivity contribution < 1.29 is 9.90 Å². The highest BCUT2D eigenvalue weighted by Gasteiger charge is 2.08. The predicted octanol–water partition coefficient (Wildman–Crippen LogP) is 2.58. The number of carbonyl (C=O) groups is 1. The van der Waals surface area contributed by atoms with E-state index in [1.54, 1.807) is 11.3 Å². The number of halogens is 1. The Labute approximate surface area is 101 Å². The molecule has 0 aliphatic carbocycles. The number of likely N-dealkylation sites (N-methyl/N-ethyl adjacent to an activating group) is 1. The van der Waals surface area contributed by atoms with Gasteiger partial charge < -0.3 is 5.11 Å². The van der Waals surface area contributed by atoms with Crippen LogP contribution < -0.4 is 0 Å². The third-order valence-electron chi connectivity index (χ3n) is 1.81. The van der Waals surface area contributed by atoms with E-state index in [4.69, 9.17) is 5.11 Å². The molecule has 1 aromatic heterocycles. The van der Waals surface area contributed by atoms with E-state index in [-0.39, 0.29) is 5.57 Å². The fourth-order valence-corrected chi connectivity index (χ4v) is 2.68. The third kappa shape index (κ3) is 4.15. The second-order valence-corrected chi connectivity index (χ2v) is 5.22. The number of hydrogen-bond donors (Lipinski definition) is 1. The van der Waals surface area contributed by atoms with Gasteiger partial charge in [-0.1, -0.05) is 6.58 Å². The van der Waals surface area contributed by atoms with E-state index in [1.807, 2.05) is 23.4 Å². The van der Waals surface area contributed by atoms with Crippen LogP contribution in [0.1, 0.15) is 4.88 Å². The van der Waals surface area contributed by atoms with E-state index in [0.717, 1.165) is 11.0 Å². The zero-order valence-electron chi connectivity index (χ0n) is 8.36. The molecule has 0 spiro atoms. The van der Waals surface area contributed by atoms with E-state index >= 15 is 0 Å². The van der Waals surface area contributed by atoms with E-state index < -0.39 is 5.97 Å². The molecule has 3 nitrogen and oxygen atoms in total. The molecule has 82 valence electrons. The van der Waals surface area contributed by atoms with Gasteiger partial charge in [-0.2, -0.15) is 0 Å². The second-order valence-electron chi connectivity index (χ2n) is 3.31. The third-order valence-corrected chi connectivity index (χ3v) is 3.49. The topological polar surface area (TPSA) is 40.5 Å². The van der Waals surface area contributed by atoms with Crippen LogP contribution in [0.15, 0.2) is 28.1 Å². The molecule has 0 aromatic carbocycles. The molecule has 0 radical (unpaired) electrons. The Morgan fingerprint density at radius 3 is 2.87 bits per heavy atom. The Morgan fingerprint density at radius 1 is 1.73 bits per heavy atom. The first-order valence-corrected chi connectivity index (χ1v) is 5.99. The Bertz CT molecular complexity index is 375. The SMILES string of the molecule is C=C(CN(C)Cc1cc(Br)cs1)C(=O)O. The van der Waals surface area contributed by atoms with E-state index in [2.05, 4.69) is 22.5 Å². The van der Waals surface area contributed by atoms with Crippen molar-refractivity contribution in [3.05, 3.63) is 32.9 Å². The summed E-state index contributed by atoms with van der Waals surface area (Å²) < 4.78 is 1.06. The zero-order chi connectivity index (χ0) is 11.4. The van der Waals surface area contributed by atoms with Crippen LogP contribution in [-0.2, 0) is 11.3 Å². The number of nitrogens with zero attached hydrogens (tertiary/aromatic N) is 1. The first kappa shape index (κ1) is 12.4. The Hall–Kier alpha value is -0.650. The van der Waals surface area contributed by atoms with Crippen LogP contribution in [0.3, 0.4) is 0 Å². The van der Waals surface area contributed by atoms with Gasteiger partial charge in [-0.3, -0.25) is 4.90 Å². The normalized spacial score (nSPS) is 10.6. The van der Waals surface area contributed by atoms with Crippen LogP contribution in [0.5, 0.6) is 0 Å². The summed E-state index contributed by atoms with van der Waals surface area (Å²) in [6, 6.07) is 2.03. The van der Waals surface area contributed by atoms with Gasteiger partial charge in [0.25, 0.3) is 0 Å². The van der Waals surface area contributed by atoms with Crippen molar-refractivity contribution in [1.82, 2.24) is 4.90 Å². The minimum atomic E-state index is -0.936. The minimum absolute atomic E-state index is 0.216. The summed E-state index contributed by atoms with van der Waals surface area (Å²) in [6.07, 6.45) is 0. The summed E-state index contributed by atoms with van der Waals surface area (Å²) >= 11 is 5.02. The summed E-state index contributed by atoms with van der Waals surface area (Å²) in [6.45, 7) is 4.61. The maximum absolute atomic E-state index is 10.6. The summed E-state index contributed by atoms with van der Waals surface area (Å²) in [5.74, 6) is -0.936. The molecule has 15 heavy (non-hydrogen) atoms. The lowest BCUT2D eigenvalue weighted by atomic mass is 10.3. The van der Waals surface area contributed by atoms with Crippen molar-refractivity contribution in [2.75, 3.05) is 13.6 Å². The van der Waals surface area contributed by atoms with Crippen molar-refractivity contribution in [2.45, 2.75) is 6.54 Å². The number of rotatable bonds is 5. The van der Waals surface area contributed by atoms with Gasteiger partial charge in [-0.05, 0) is 29.0 Å². The molecular weight excluding hydrogens is 278 g/mol. The fraction of sp³-hybridized carbons (Fsp3) is 0.300. The molecule has 0 saturated carbocycles. The van der Waals surface area contributed by atoms with Crippen LogP contribution >= 0.6 is 27.3 Å². The van der Waals surface area contributed by atoms with Gasteiger partial charge in [-0.15, -0.1) is 11.3 Å². The average Bonchev–Trinajstić information content (AvgIpc) is 2.50. The maximum Gasteiger partial charge on any atom is 0.332 e. The van der Waals surface area contributed by atoms with Crippen LogP contribution in [0.4, 0.5) is 0 Å². The van der Waals surface area contributed by atoms with Crippen molar-refractivity contribution in [1.29, 1.82) is 0 Å². The van der Waals surface area contributed by atoms with E-state index in [9.17, 15) is 4.79 Å². The lowest BCUT2D eigenvalue weighted by Gasteiger charge is -2.14. The summed E-state index contributed by atoms with van der Waals surface area (Å²) in [4.78, 5) is 13.7. The summed E-state index contributed by atoms with van der Waals surface area (Å²) in [5.41, 5.74) is 0.216. The van der Waals surface area contributed by atoms with Gasteiger partial charge in [0, 0.05) is 33.4 Å². The standard InChI is InChI=1S/C10H12BrNO2S/c1-7(10(13)14)4-12(2)5-9-3-8(11)6-15-9/h3,6H,1,4-5H2,2H3,(H,13,14). The number of carboxylic acid groups (broad SMARTS) is 1. The van der Waals surface area contributed by atoms with Gasteiger partial charge in [-0.25, -0.2) is 4.79 Å². The molecule has 0 bridgehead atoms. The molecule has 0 aliphatic heterocycles. The van der Waals surface area contributed by atoms with Gasteiger partial charge in [0.1, 0.15) is 0 Å². The van der Waals surface area contributed by atoms with Crippen LogP contribution in [0.2, 0.25) is 0 Å². The number of hydrogen-bond acceptors (Lipinski definition) is 3. The Kier molecular flexibility index (Phi) is 4.50. The number of aliphatic carboxylic acids is 1. The fourth-order valence-electron chi connectivity index (χ4n) is 1.15. The predicted molar refractivity (Wildman–Crippen MR) is 65.1 cm³/mol. The smallest absolute Gasteiger partial charge is 0.332 e. The number of carboxylic acids is 1. The zero-order valence-corrected chi connectivity index (χ0v) is 10.8. The second kappa shape index (κ2) is 5.44. The van der Waals surface area contributed by atoms with Crippen LogP contribution in [0.25, 0.3) is 0 Å². The first-order valence-electron chi connectivity index (χ1n) is 4.31. The molecule has 5 heteroatoms. The van der Waals surface area contributed by atoms with Crippen LogP contribution in [-0.4, -0.2) is 29.6 Å². The minimum Gasteiger partial charge on any atom is -0.478 e. The van der Waals surface area contributed by atoms with Crippen molar-refractivity contribution in [2.24, 2.45) is 0 Å². The first-order chi connectivity index (χ1) is 6.99. The Morgan fingerprint density at radius 2 is 2.40 bits per heavy atom. The summed E-state index contributed by atoms with van der Waals surface area (Å²) in [5, 5.41) is 10.7. The van der Waals surface area contributed by atoms with Crippen molar-refractivity contribution in [3.63, 3.8) is 0 Å². The van der Waals surface area contributed by atoms with Gasteiger partial charge >= 0.3 is 5.97 Å². The molecule has 0 saturated heterocycles. The molecule has 0 atom stereocenters. The molecular formula is C10H12BrNO2S. The lowest BCUT2D eigenvalue weighted by molar-refractivity contribution is -0.132. The molecule has 0 fully saturated rings. The maximum atomic E-state index is 10.6. The largest absolute Gasteiger partial charge is 0.478 e. The lowest BCUT2D eigenvalue weighted by Crippen LogP contribution is -2.22. The molecule has 1 rings (SSSR count). The van der Waals surface area contributed by atoms with Gasteiger partial charge in [0.05, 0.1) is 0 Å². The highest BCUT2D eigenvalue weighted by Crippen LogP contribution is 2.20.